The van der Waals surface area contributed by atoms with E-state index in [-0.39, 0.29) is 5.82 Å². The van der Waals surface area contributed by atoms with Gasteiger partial charge in [0.1, 0.15) is 5.82 Å². The third-order valence-corrected chi connectivity index (χ3v) is 5.21. The van der Waals surface area contributed by atoms with Crippen LogP contribution in [-0.2, 0) is 18.3 Å². The molecule has 0 saturated heterocycles. The quantitative estimate of drug-likeness (QED) is 0.758. The molecule has 1 aliphatic carbocycles. The summed E-state index contributed by atoms with van der Waals surface area (Å²) in [7, 11) is 0. The molecule has 0 aromatic heterocycles. The normalized spacial score (nSPS) is 20.6. The lowest BCUT2D eigenvalue weighted by atomic mass is 9.68. The van der Waals surface area contributed by atoms with Crippen molar-refractivity contribution in [2.75, 3.05) is 0 Å². The van der Waals surface area contributed by atoms with Crippen LogP contribution in [0.3, 0.4) is 0 Å². The average Bonchev–Trinajstić information content (AvgIpc) is 2.52. The summed E-state index contributed by atoms with van der Waals surface area (Å²) in [5.74, 6) is -0.273. The van der Waals surface area contributed by atoms with Gasteiger partial charge in [0, 0.05) is 0 Å². The van der Waals surface area contributed by atoms with Crippen LogP contribution in [0.1, 0.15) is 29.5 Å². The Morgan fingerprint density at radius 2 is 2.00 bits per heavy atom. The second-order valence-corrected chi connectivity index (χ2v) is 6.39. The van der Waals surface area contributed by atoms with E-state index in [0.717, 1.165) is 30.4 Å². The van der Waals surface area contributed by atoms with Gasteiger partial charge in [-0.05, 0) is 64.4 Å². The molecule has 3 heteroatoms. The molecule has 2 aromatic carbocycles. The van der Waals surface area contributed by atoms with Crippen molar-refractivity contribution in [1.82, 2.24) is 0 Å². The summed E-state index contributed by atoms with van der Waals surface area (Å²) >= 11 is 3.32. The van der Waals surface area contributed by atoms with Crippen LogP contribution in [0.5, 0.6) is 0 Å². The van der Waals surface area contributed by atoms with Crippen LogP contribution in [0.15, 0.2) is 46.9 Å². The molecule has 1 nitrogen and oxygen atoms in total. The number of hydrogen-bond acceptors (Lipinski definition) is 1. The fourth-order valence-electron chi connectivity index (χ4n) is 3.27. The topological polar surface area (TPSA) is 23.8 Å². The van der Waals surface area contributed by atoms with Gasteiger partial charge in [-0.25, -0.2) is 4.39 Å². The van der Waals surface area contributed by atoms with Gasteiger partial charge in [0.15, 0.2) is 0 Å². The van der Waals surface area contributed by atoms with Crippen molar-refractivity contribution >= 4 is 15.9 Å². The standard InChI is InChI=1S/C18H15BrFN/c19-17-14(6-3-9-16(17)20)11-18(12-21)10-4-7-13-5-1-2-8-15(13)18/h1-3,5-6,8-9H,4,7,10-11H2. The SMILES string of the molecule is N#CC1(Cc2cccc(F)c2Br)CCCc2ccccc21. The second kappa shape index (κ2) is 5.61. The molecule has 106 valence electrons. The average molecular weight is 344 g/mol. The number of benzene rings is 2. The highest BCUT2D eigenvalue weighted by Crippen LogP contribution is 2.40. The van der Waals surface area contributed by atoms with Crippen LogP contribution in [-0.4, -0.2) is 0 Å². The summed E-state index contributed by atoms with van der Waals surface area (Å²) in [4.78, 5) is 0. The molecule has 0 aliphatic heterocycles. The predicted molar refractivity (Wildman–Crippen MR) is 84.5 cm³/mol. The van der Waals surface area contributed by atoms with Gasteiger partial charge in [-0.3, -0.25) is 0 Å². The van der Waals surface area contributed by atoms with E-state index in [1.165, 1.54) is 11.6 Å². The third-order valence-electron chi connectivity index (χ3n) is 4.32. The summed E-state index contributed by atoms with van der Waals surface area (Å²) in [5.41, 5.74) is 2.66. The zero-order valence-electron chi connectivity index (χ0n) is 11.6. The number of hydrogen-bond donors (Lipinski definition) is 0. The molecule has 0 radical (unpaired) electrons. The van der Waals surface area contributed by atoms with Gasteiger partial charge < -0.3 is 0 Å². The number of nitriles is 1. The first kappa shape index (κ1) is 14.3. The van der Waals surface area contributed by atoms with Gasteiger partial charge in [-0.1, -0.05) is 36.4 Å². The second-order valence-electron chi connectivity index (χ2n) is 5.59. The largest absolute Gasteiger partial charge is 0.206 e. The van der Waals surface area contributed by atoms with Gasteiger partial charge in [-0.2, -0.15) is 5.26 Å². The number of halogens is 2. The molecule has 0 fully saturated rings. The van der Waals surface area contributed by atoms with E-state index in [2.05, 4.69) is 28.1 Å². The van der Waals surface area contributed by atoms with Crippen molar-refractivity contribution in [1.29, 1.82) is 5.26 Å². The van der Waals surface area contributed by atoms with Crippen molar-refractivity contribution in [2.24, 2.45) is 0 Å². The van der Waals surface area contributed by atoms with Crippen LogP contribution in [0.2, 0.25) is 0 Å². The third kappa shape index (κ3) is 2.49. The van der Waals surface area contributed by atoms with Crippen LogP contribution in [0.25, 0.3) is 0 Å². The Bertz CT molecular complexity index is 719. The zero-order valence-corrected chi connectivity index (χ0v) is 13.2. The van der Waals surface area contributed by atoms with Gasteiger partial charge in [0.2, 0.25) is 0 Å². The highest BCUT2D eigenvalue weighted by molar-refractivity contribution is 9.10. The maximum absolute atomic E-state index is 13.7. The van der Waals surface area contributed by atoms with Crippen molar-refractivity contribution in [3.05, 3.63) is 69.4 Å². The fourth-order valence-corrected chi connectivity index (χ4v) is 3.67. The fraction of sp³-hybridized carbons (Fsp3) is 0.278. The minimum atomic E-state index is -0.550. The first-order valence-corrected chi connectivity index (χ1v) is 7.88. The maximum Gasteiger partial charge on any atom is 0.137 e. The molecule has 1 atom stereocenters. The van der Waals surface area contributed by atoms with E-state index in [0.29, 0.717) is 10.9 Å². The molecule has 21 heavy (non-hydrogen) atoms. The van der Waals surface area contributed by atoms with E-state index < -0.39 is 5.41 Å². The summed E-state index contributed by atoms with van der Waals surface area (Å²) < 4.78 is 14.2. The van der Waals surface area contributed by atoms with Gasteiger partial charge in [-0.15, -0.1) is 0 Å². The Morgan fingerprint density at radius 3 is 2.81 bits per heavy atom. The lowest BCUT2D eigenvalue weighted by Crippen LogP contribution is -2.32. The lowest BCUT2D eigenvalue weighted by molar-refractivity contribution is 0.448. The number of rotatable bonds is 2. The highest BCUT2D eigenvalue weighted by Gasteiger charge is 2.37. The Kier molecular flexibility index (Phi) is 3.82. The Hall–Kier alpha value is -1.66. The van der Waals surface area contributed by atoms with E-state index >= 15 is 0 Å². The molecule has 0 saturated carbocycles. The number of nitrogens with zero attached hydrogens (tertiary/aromatic N) is 1. The molecular weight excluding hydrogens is 329 g/mol. The summed E-state index contributed by atoms with van der Waals surface area (Å²) in [5, 5.41) is 9.85. The molecule has 1 unspecified atom stereocenters. The van der Waals surface area contributed by atoms with E-state index in [9.17, 15) is 9.65 Å². The molecule has 0 N–H and O–H groups in total. The molecule has 2 aromatic rings. The van der Waals surface area contributed by atoms with Gasteiger partial charge >= 0.3 is 0 Å². The van der Waals surface area contributed by atoms with E-state index in [1.54, 1.807) is 6.07 Å². The van der Waals surface area contributed by atoms with Crippen molar-refractivity contribution in [2.45, 2.75) is 31.1 Å². The molecule has 0 heterocycles. The zero-order chi connectivity index (χ0) is 14.9. The molecule has 0 bridgehead atoms. The Morgan fingerprint density at radius 1 is 1.19 bits per heavy atom. The molecular formula is C18H15BrFN. The summed E-state index contributed by atoms with van der Waals surface area (Å²) in [6.45, 7) is 0. The van der Waals surface area contributed by atoms with Gasteiger partial charge in [0.25, 0.3) is 0 Å². The van der Waals surface area contributed by atoms with Gasteiger partial charge in [0.05, 0.1) is 16.0 Å². The maximum atomic E-state index is 13.7. The lowest BCUT2D eigenvalue weighted by Gasteiger charge is -2.33. The highest BCUT2D eigenvalue weighted by atomic mass is 79.9. The first-order chi connectivity index (χ1) is 10.2. The molecule has 1 aliphatic rings. The predicted octanol–water partition coefficient (Wildman–Crippen LogP) is 4.93. The monoisotopic (exact) mass is 343 g/mol. The van der Waals surface area contributed by atoms with Crippen molar-refractivity contribution < 1.29 is 4.39 Å². The van der Waals surface area contributed by atoms with Crippen LogP contribution in [0.4, 0.5) is 4.39 Å². The van der Waals surface area contributed by atoms with E-state index in [4.69, 9.17) is 0 Å². The molecule has 0 amide bonds. The van der Waals surface area contributed by atoms with Crippen molar-refractivity contribution in [3.63, 3.8) is 0 Å². The summed E-state index contributed by atoms with van der Waals surface area (Å²) in [6, 6.07) is 15.7. The minimum Gasteiger partial charge on any atom is -0.206 e. The number of fused-ring (bicyclic) bond motifs is 1. The van der Waals surface area contributed by atoms with Crippen molar-refractivity contribution in [3.8, 4) is 6.07 Å². The Balaban J connectivity index is 2.07. The van der Waals surface area contributed by atoms with Crippen LogP contribution >= 0.6 is 15.9 Å². The van der Waals surface area contributed by atoms with E-state index in [1.807, 2.05) is 24.3 Å². The molecule has 0 spiro atoms. The smallest absolute Gasteiger partial charge is 0.137 e. The Labute approximate surface area is 132 Å². The number of aryl methyl sites for hydroxylation is 1. The first-order valence-electron chi connectivity index (χ1n) is 7.09. The minimum absolute atomic E-state index is 0.273. The summed E-state index contributed by atoms with van der Waals surface area (Å²) in [6.07, 6.45) is 3.38. The van der Waals surface area contributed by atoms with Crippen LogP contribution < -0.4 is 0 Å². The molecule has 3 rings (SSSR count). The van der Waals surface area contributed by atoms with Crippen LogP contribution in [0, 0.1) is 17.1 Å².